The van der Waals surface area contributed by atoms with E-state index in [0.29, 0.717) is 12.7 Å². The lowest BCUT2D eigenvalue weighted by molar-refractivity contribution is 0.0340. The van der Waals surface area contributed by atoms with Gasteiger partial charge in [0.2, 0.25) is 0 Å². The lowest BCUT2D eigenvalue weighted by atomic mass is 10.2. The summed E-state index contributed by atoms with van der Waals surface area (Å²) < 4.78 is 11.9. The molecule has 76 valence electrons. The van der Waals surface area contributed by atoms with Crippen LogP contribution in [0.3, 0.4) is 0 Å². The van der Waals surface area contributed by atoms with E-state index in [-0.39, 0.29) is 6.10 Å². The maximum atomic E-state index is 5.65. The molecule has 1 aromatic carbocycles. The van der Waals surface area contributed by atoms with Crippen LogP contribution in [0.1, 0.15) is 12.5 Å². The van der Waals surface area contributed by atoms with Crippen LogP contribution in [0.4, 0.5) is 0 Å². The van der Waals surface area contributed by atoms with E-state index >= 15 is 0 Å². The van der Waals surface area contributed by atoms with Gasteiger partial charge in [-0.2, -0.15) is 0 Å². The molecule has 1 aliphatic heterocycles. The smallest absolute Gasteiger partial charge is 0.107 e. The minimum atomic E-state index is 0.207. The van der Waals surface area contributed by atoms with Crippen molar-refractivity contribution in [3.63, 3.8) is 0 Å². The molecule has 3 heteroatoms. The van der Waals surface area contributed by atoms with E-state index in [1.54, 1.807) is 0 Å². The molecule has 2 nitrogen and oxygen atoms in total. The Labute approximate surface area is 92.3 Å². The van der Waals surface area contributed by atoms with Gasteiger partial charge in [-0.25, -0.2) is 0 Å². The van der Waals surface area contributed by atoms with Gasteiger partial charge in [0.25, 0.3) is 0 Å². The van der Waals surface area contributed by atoms with Crippen molar-refractivity contribution in [1.82, 2.24) is 0 Å². The van der Waals surface area contributed by atoms with Crippen molar-refractivity contribution < 1.29 is 9.47 Å². The van der Waals surface area contributed by atoms with Crippen LogP contribution in [-0.2, 0) is 16.1 Å². The highest BCUT2D eigenvalue weighted by Crippen LogP contribution is 2.18. The fourth-order valence-corrected chi connectivity index (χ4v) is 1.51. The van der Waals surface area contributed by atoms with E-state index in [2.05, 4.69) is 35.0 Å². The van der Waals surface area contributed by atoms with E-state index in [1.165, 1.54) is 5.56 Å². The zero-order chi connectivity index (χ0) is 9.97. The first-order valence-electron chi connectivity index (χ1n) is 4.73. The SMILES string of the molecule is C[C@@H](OCc1ccc(Br)cc1)[C@H]1CO1. The lowest BCUT2D eigenvalue weighted by Crippen LogP contribution is -2.14. The average Bonchev–Trinajstić information content (AvgIpc) is 3.00. The number of epoxide rings is 1. The highest BCUT2D eigenvalue weighted by Gasteiger charge is 2.29. The van der Waals surface area contributed by atoms with E-state index in [1.807, 2.05) is 12.1 Å². The molecule has 1 aliphatic rings. The summed E-state index contributed by atoms with van der Waals surface area (Å²) in [4.78, 5) is 0. The van der Waals surface area contributed by atoms with E-state index in [0.717, 1.165) is 11.1 Å². The standard InChI is InChI=1S/C11H13BrO2/c1-8(11-7-14-11)13-6-9-2-4-10(12)5-3-9/h2-5,8,11H,6-7H2,1H3/t8-,11-/m1/s1. The summed E-state index contributed by atoms with van der Waals surface area (Å²) in [6.07, 6.45) is 0.532. The topological polar surface area (TPSA) is 21.8 Å². The minimum Gasteiger partial charge on any atom is -0.371 e. The summed E-state index contributed by atoms with van der Waals surface area (Å²) in [5.41, 5.74) is 1.20. The molecule has 1 heterocycles. The summed E-state index contributed by atoms with van der Waals surface area (Å²) >= 11 is 3.40. The van der Waals surface area contributed by atoms with Gasteiger partial charge < -0.3 is 9.47 Å². The first-order chi connectivity index (χ1) is 6.75. The number of halogens is 1. The van der Waals surface area contributed by atoms with Crippen LogP contribution in [0.2, 0.25) is 0 Å². The van der Waals surface area contributed by atoms with Crippen molar-refractivity contribution in [3.05, 3.63) is 34.3 Å². The molecular formula is C11H13BrO2. The Hall–Kier alpha value is -0.380. The molecule has 0 N–H and O–H groups in total. The second kappa shape index (κ2) is 4.43. The molecule has 1 fully saturated rings. The second-order valence-electron chi connectivity index (χ2n) is 3.51. The molecule has 0 aliphatic carbocycles. The highest BCUT2D eigenvalue weighted by molar-refractivity contribution is 9.10. The third kappa shape index (κ3) is 2.80. The van der Waals surface area contributed by atoms with Crippen LogP contribution in [0, 0.1) is 0 Å². The third-order valence-corrected chi connectivity index (χ3v) is 2.84. The second-order valence-corrected chi connectivity index (χ2v) is 4.43. The molecule has 0 amide bonds. The molecule has 0 bridgehead atoms. The molecule has 0 saturated carbocycles. The number of rotatable bonds is 4. The van der Waals surface area contributed by atoms with E-state index in [4.69, 9.17) is 9.47 Å². The van der Waals surface area contributed by atoms with Gasteiger partial charge in [-0.15, -0.1) is 0 Å². The van der Waals surface area contributed by atoms with Crippen LogP contribution in [0.15, 0.2) is 28.7 Å². The predicted octanol–water partition coefficient (Wildman–Crippen LogP) is 2.75. The Morgan fingerprint density at radius 1 is 1.50 bits per heavy atom. The number of benzene rings is 1. The molecule has 0 radical (unpaired) electrons. The van der Waals surface area contributed by atoms with Crippen molar-refractivity contribution in [3.8, 4) is 0 Å². The molecule has 2 rings (SSSR count). The van der Waals surface area contributed by atoms with Gasteiger partial charge in [-0.3, -0.25) is 0 Å². The van der Waals surface area contributed by atoms with E-state index in [9.17, 15) is 0 Å². The van der Waals surface area contributed by atoms with Gasteiger partial charge >= 0.3 is 0 Å². The lowest BCUT2D eigenvalue weighted by Gasteiger charge is -2.09. The molecular weight excluding hydrogens is 244 g/mol. The Kier molecular flexibility index (Phi) is 3.21. The number of hydrogen-bond donors (Lipinski definition) is 0. The van der Waals surface area contributed by atoms with Gasteiger partial charge in [0.05, 0.1) is 19.3 Å². The van der Waals surface area contributed by atoms with Crippen molar-refractivity contribution >= 4 is 15.9 Å². The first kappa shape index (κ1) is 10.1. The van der Waals surface area contributed by atoms with Gasteiger partial charge in [0, 0.05) is 4.47 Å². The first-order valence-corrected chi connectivity index (χ1v) is 5.52. The largest absolute Gasteiger partial charge is 0.371 e. The Morgan fingerprint density at radius 2 is 2.14 bits per heavy atom. The third-order valence-electron chi connectivity index (χ3n) is 2.31. The van der Waals surface area contributed by atoms with Crippen molar-refractivity contribution in [2.24, 2.45) is 0 Å². The Morgan fingerprint density at radius 3 is 2.71 bits per heavy atom. The maximum absolute atomic E-state index is 5.65. The summed E-state index contributed by atoms with van der Waals surface area (Å²) in [7, 11) is 0. The van der Waals surface area contributed by atoms with Crippen LogP contribution in [0.25, 0.3) is 0 Å². The van der Waals surface area contributed by atoms with Crippen LogP contribution in [-0.4, -0.2) is 18.8 Å². The summed E-state index contributed by atoms with van der Waals surface area (Å²) in [5.74, 6) is 0. The summed E-state index contributed by atoms with van der Waals surface area (Å²) in [5, 5.41) is 0. The Bertz CT molecular complexity index is 293. The zero-order valence-electron chi connectivity index (χ0n) is 8.07. The maximum Gasteiger partial charge on any atom is 0.107 e. The molecule has 2 atom stereocenters. The minimum absolute atomic E-state index is 0.207. The summed E-state index contributed by atoms with van der Waals surface area (Å²) in [6.45, 7) is 3.56. The van der Waals surface area contributed by atoms with Crippen LogP contribution < -0.4 is 0 Å². The van der Waals surface area contributed by atoms with Gasteiger partial charge in [-0.05, 0) is 24.6 Å². The van der Waals surface area contributed by atoms with Gasteiger partial charge in [0.15, 0.2) is 0 Å². The van der Waals surface area contributed by atoms with Crippen LogP contribution >= 0.6 is 15.9 Å². The van der Waals surface area contributed by atoms with Crippen molar-refractivity contribution in [1.29, 1.82) is 0 Å². The quantitative estimate of drug-likeness (QED) is 0.773. The molecule has 14 heavy (non-hydrogen) atoms. The highest BCUT2D eigenvalue weighted by atomic mass is 79.9. The molecule has 0 aromatic heterocycles. The van der Waals surface area contributed by atoms with Gasteiger partial charge in [0.1, 0.15) is 6.10 Å². The summed E-state index contributed by atoms with van der Waals surface area (Å²) in [6, 6.07) is 8.17. The molecule has 0 unspecified atom stereocenters. The normalized spacial score (nSPS) is 22.0. The monoisotopic (exact) mass is 256 g/mol. The number of ether oxygens (including phenoxy) is 2. The van der Waals surface area contributed by atoms with E-state index < -0.39 is 0 Å². The predicted molar refractivity (Wildman–Crippen MR) is 58.1 cm³/mol. The Balaban J connectivity index is 1.82. The molecule has 0 spiro atoms. The molecule has 1 aromatic rings. The van der Waals surface area contributed by atoms with Crippen LogP contribution in [0.5, 0.6) is 0 Å². The number of hydrogen-bond acceptors (Lipinski definition) is 2. The fraction of sp³-hybridized carbons (Fsp3) is 0.455. The van der Waals surface area contributed by atoms with Crippen molar-refractivity contribution in [2.45, 2.75) is 25.7 Å². The zero-order valence-corrected chi connectivity index (χ0v) is 9.66. The average molecular weight is 257 g/mol. The molecule has 1 saturated heterocycles. The van der Waals surface area contributed by atoms with Gasteiger partial charge in [-0.1, -0.05) is 28.1 Å². The van der Waals surface area contributed by atoms with Crippen molar-refractivity contribution in [2.75, 3.05) is 6.61 Å². The fourth-order valence-electron chi connectivity index (χ4n) is 1.24.